The van der Waals surface area contributed by atoms with E-state index in [2.05, 4.69) is 0 Å². The van der Waals surface area contributed by atoms with E-state index < -0.39 is 9.84 Å². The molecule has 0 saturated heterocycles. The van der Waals surface area contributed by atoms with Gasteiger partial charge in [-0.3, -0.25) is 0 Å². The van der Waals surface area contributed by atoms with Crippen molar-refractivity contribution in [2.45, 2.75) is 18.2 Å². The fourth-order valence-electron chi connectivity index (χ4n) is 2.09. The molecule has 0 aliphatic carbocycles. The van der Waals surface area contributed by atoms with Gasteiger partial charge in [-0.1, -0.05) is 49.4 Å². The Morgan fingerprint density at radius 2 is 1.76 bits per heavy atom. The van der Waals surface area contributed by atoms with E-state index in [1.807, 2.05) is 19.1 Å². The Bertz CT molecular complexity index is 890. The van der Waals surface area contributed by atoms with E-state index in [0.29, 0.717) is 17.9 Å². The van der Waals surface area contributed by atoms with Gasteiger partial charge in [-0.2, -0.15) is 5.26 Å². The van der Waals surface area contributed by atoms with E-state index in [4.69, 9.17) is 4.74 Å². The van der Waals surface area contributed by atoms with Crippen LogP contribution in [-0.2, 0) is 9.84 Å². The van der Waals surface area contributed by atoms with Crippen LogP contribution in [0.2, 0.25) is 0 Å². The van der Waals surface area contributed by atoms with Crippen molar-refractivity contribution in [2.24, 2.45) is 0 Å². The summed E-state index contributed by atoms with van der Waals surface area (Å²) in [5, 5.41) is 9.28. The molecule has 2 rings (SSSR count). The van der Waals surface area contributed by atoms with Gasteiger partial charge in [0.15, 0.2) is 0 Å². The average molecular weight is 353 g/mol. The fourth-order valence-corrected chi connectivity index (χ4v) is 3.27. The van der Waals surface area contributed by atoms with Gasteiger partial charge in [0.25, 0.3) is 0 Å². The van der Waals surface area contributed by atoms with Crippen LogP contribution < -0.4 is 4.74 Å². The first kappa shape index (κ1) is 18.5. The standard InChI is InChI=1S/C20H19NO3S/c1-2-3-7-14-24-18-12-10-17(11-13-18)15-20(16-21)25(22,23)19-8-5-4-6-9-19/h3-13,15H,2,14H2,1H3/b7-3+,20-15+. The van der Waals surface area contributed by atoms with Crippen molar-refractivity contribution in [1.29, 1.82) is 5.26 Å². The predicted molar refractivity (Wildman–Crippen MR) is 98.6 cm³/mol. The summed E-state index contributed by atoms with van der Waals surface area (Å²) in [6, 6.07) is 16.6. The molecule has 0 fully saturated rings. The SMILES string of the molecule is CC/C=C/COc1ccc(/C=C(\C#N)S(=O)(=O)c2ccccc2)cc1. The number of sulfone groups is 1. The van der Waals surface area contributed by atoms with Crippen molar-refractivity contribution in [2.75, 3.05) is 6.61 Å². The third-order valence-electron chi connectivity index (χ3n) is 3.38. The minimum atomic E-state index is -3.82. The largest absolute Gasteiger partial charge is 0.490 e. The molecule has 0 heterocycles. The highest BCUT2D eigenvalue weighted by atomic mass is 32.2. The van der Waals surface area contributed by atoms with E-state index in [9.17, 15) is 13.7 Å². The molecule has 0 atom stereocenters. The lowest BCUT2D eigenvalue weighted by atomic mass is 10.2. The second-order valence-corrected chi connectivity index (χ2v) is 7.11. The molecule has 0 aliphatic heterocycles. The van der Waals surface area contributed by atoms with Gasteiger partial charge >= 0.3 is 0 Å². The number of ether oxygens (including phenoxy) is 1. The number of nitrogens with zero attached hydrogens (tertiary/aromatic N) is 1. The van der Waals surface area contributed by atoms with Crippen molar-refractivity contribution < 1.29 is 13.2 Å². The molecule has 0 spiro atoms. The number of rotatable bonds is 7. The highest BCUT2D eigenvalue weighted by Crippen LogP contribution is 2.22. The van der Waals surface area contributed by atoms with Gasteiger partial charge in [0.1, 0.15) is 23.3 Å². The maximum Gasteiger partial charge on any atom is 0.216 e. The molecule has 0 aromatic heterocycles. The fraction of sp³-hybridized carbons (Fsp3) is 0.150. The first-order valence-corrected chi connectivity index (χ1v) is 9.36. The third kappa shape index (κ3) is 5.07. The quantitative estimate of drug-likeness (QED) is 0.547. The second kappa shape index (κ2) is 8.86. The van der Waals surface area contributed by atoms with Crippen LogP contribution in [-0.4, -0.2) is 15.0 Å². The molecule has 0 amide bonds. The van der Waals surface area contributed by atoms with Crippen LogP contribution in [0.15, 0.2) is 76.5 Å². The van der Waals surface area contributed by atoms with E-state index in [-0.39, 0.29) is 9.80 Å². The molecule has 5 heteroatoms. The molecule has 2 aromatic rings. The molecule has 128 valence electrons. The Morgan fingerprint density at radius 1 is 1.08 bits per heavy atom. The van der Waals surface area contributed by atoms with E-state index in [0.717, 1.165) is 6.42 Å². The molecule has 25 heavy (non-hydrogen) atoms. The smallest absolute Gasteiger partial charge is 0.216 e. The second-order valence-electron chi connectivity index (χ2n) is 5.20. The Kier molecular flexibility index (Phi) is 6.55. The maximum absolute atomic E-state index is 12.5. The van der Waals surface area contributed by atoms with Crippen molar-refractivity contribution in [3.63, 3.8) is 0 Å². The summed E-state index contributed by atoms with van der Waals surface area (Å²) in [4.78, 5) is -0.191. The monoisotopic (exact) mass is 353 g/mol. The van der Waals surface area contributed by atoms with E-state index in [1.165, 1.54) is 18.2 Å². The Balaban J connectivity index is 2.20. The van der Waals surface area contributed by atoms with E-state index in [1.54, 1.807) is 48.5 Å². The third-order valence-corrected chi connectivity index (χ3v) is 5.06. The predicted octanol–water partition coefficient (Wildman–Crippen LogP) is 4.37. The van der Waals surface area contributed by atoms with Crippen LogP contribution >= 0.6 is 0 Å². The van der Waals surface area contributed by atoms with Crippen LogP contribution in [0.3, 0.4) is 0 Å². The van der Waals surface area contributed by atoms with E-state index >= 15 is 0 Å². The van der Waals surface area contributed by atoms with Gasteiger partial charge in [0.05, 0.1) is 4.90 Å². The van der Waals surface area contributed by atoms with Gasteiger partial charge < -0.3 is 4.74 Å². The van der Waals surface area contributed by atoms with Crippen LogP contribution in [0.5, 0.6) is 5.75 Å². The normalized spacial score (nSPS) is 12.1. The number of allylic oxidation sites excluding steroid dienone is 2. The highest BCUT2D eigenvalue weighted by molar-refractivity contribution is 7.95. The molecular formula is C20H19NO3S. The number of hydrogen-bond donors (Lipinski definition) is 0. The summed E-state index contributed by atoms with van der Waals surface area (Å²) in [5.41, 5.74) is 0.618. The minimum absolute atomic E-state index is 0.102. The first-order valence-electron chi connectivity index (χ1n) is 7.87. The lowest BCUT2D eigenvalue weighted by Gasteiger charge is -2.05. The summed E-state index contributed by atoms with van der Waals surface area (Å²) >= 11 is 0. The lowest BCUT2D eigenvalue weighted by Crippen LogP contribution is -2.03. The zero-order valence-corrected chi connectivity index (χ0v) is 14.7. The van der Waals surface area contributed by atoms with Crippen LogP contribution in [0.4, 0.5) is 0 Å². The highest BCUT2D eigenvalue weighted by Gasteiger charge is 2.20. The zero-order valence-electron chi connectivity index (χ0n) is 13.9. The topological polar surface area (TPSA) is 67.2 Å². The summed E-state index contributed by atoms with van der Waals surface area (Å²) in [7, 11) is -3.82. The molecule has 0 radical (unpaired) electrons. The van der Waals surface area contributed by atoms with Gasteiger partial charge in [-0.15, -0.1) is 0 Å². The molecule has 0 N–H and O–H groups in total. The molecule has 0 saturated carbocycles. The summed E-state index contributed by atoms with van der Waals surface area (Å²) in [6.45, 7) is 2.53. The molecule has 0 bridgehead atoms. The van der Waals surface area contributed by atoms with Crippen molar-refractivity contribution in [3.8, 4) is 11.8 Å². The number of nitriles is 1. The molecule has 4 nitrogen and oxygen atoms in total. The zero-order chi connectivity index (χ0) is 18.1. The summed E-state index contributed by atoms with van der Waals surface area (Å²) in [5.74, 6) is 0.683. The maximum atomic E-state index is 12.5. The Labute approximate surface area is 148 Å². The molecular weight excluding hydrogens is 334 g/mol. The summed E-state index contributed by atoms with van der Waals surface area (Å²) < 4.78 is 30.6. The Morgan fingerprint density at radius 3 is 2.36 bits per heavy atom. The van der Waals surface area contributed by atoms with Crippen LogP contribution in [0.25, 0.3) is 6.08 Å². The summed E-state index contributed by atoms with van der Waals surface area (Å²) in [6.07, 6.45) is 6.28. The average Bonchev–Trinajstić information content (AvgIpc) is 2.65. The van der Waals surface area contributed by atoms with Gasteiger partial charge in [-0.05, 0) is 42.3 Å². The van der Waals surface area contributed by atoms with Gasteiger partial charge in [0.2, 0.25) is 9.84 Å². The van der Waals surface area contributed by atoms with Crippen LogP contribution in [0.1, 0.15) is 18.9 Å². The Hall–Kier alpha value is -2.84. The van der Waals surface area contributed by atoms with Gasteiger partial charge in [0, 0.05) is 0 Å². The van der Waals surface area contributed by atoms with Crippen molar-refractivity contribution in [3.05, 3.63) is 77.2 Å². The molecule has 0 aliphatic rings. The lowest BCUT2D eigenvalue weighted by molar-refractivity contribution is 0.362. The minimum Gasteiger partial charge on any atom is -0.490 e. The van der Waals surface area contributed by atoms with Gasteiger partial charge in [-0.25, -0.2) is 8.42 Å². The van der Waals surface area contributed by atoms with Crippen LogP contribution in [0, 0.1) is 11.3 Å². The number of hydrogen-bond acceptors (Lipinski definition) is 4. The first-order chi connectivity index (χ1) is 12.1. The van der Waals surface area contributed by atoms with Crippen molar-refractivity contribution >= 4 is 15.9 Å². The number of benzene rings is 2. The molecule has 0 unspecified atom stereocenters. The van der Waals surface area contributed by atoms with Crippen molar-refractivity contribution in [1.82, 2.24) is 0 Å². The molecule has 2 aromatic carbocycles.